The van der Waals surface area contributed by atoms with E-state index in [2.05, 4.69) is 20.6 Å². The first-order valence-corrected chi connectivity index (χ1v) is 9.19. The summed E-state index contributed by atoms with van der Waals surface area (Å²) in [7, 11) is 0. The van der Waals surface area contributed by atoms with E-state index in [1.54, 1.807) is 4.52 Å². The largest absolute Gasteiger partial charge is 0.483 e. The molecule has 0 unspecified atom stereocenters. The van der Waals surface area contributed by atoms with Crippen LogP contribution in [0.1, 0.15) is 11.1 Å². The number of fused-ring (bicyclic) bond motifs is 1. The maximum absolute atomic E-state index is 12.2. The Kier molecular flexibility index (Phi) is 4.55. The van der Waals surface area contributed by atoms with Crippen LogP contribution in [0.5, 0.6) is 5.75 Å². The SMILES string of the molecule is Cc1ccc(-c2nnc3sc(NC(=O)COc4ccccc4C)nn23)cc1. The molecule has 0 aliphatic heterocycles. The maximum Gasteiger partial charge on any atom is 0.264 e. The van der Waals surface area contributed by atoms with Gasteiger partial charge in [-0.05, 0) is 25.5 Å². The minimum Gasteiger partial charge on any atom is -0.483 e. The molecule has 0 aliphatic carbocycles. The van der Waals surface area contributed by atoms with Gasteiger partial charge >= 0.3 is 0 Å². The Morgan fingerprint density at radius 3 is 2.67 bits per heavy atom. The molecule has 2 heterocycles. The molecule has 0 bridgehead atoms. The van der Waals surface area contributed by atoms with Crippen molar-refractivity contribution in [2.24, 2.45) is 0 Å². The number of rotatable bonds is 5. The minimum absolute atomic E-state index is 0.0875. The number of anilines is 1. The first kappa shape index (κ1) is 17.2. The number of nitrogens with one attached hydrogen (secondary N) is 1. The third-order valence-electron chi connectivity index (χ3n) is 4.00. The molecule has 136 valence electrons. The van der Waals surface area contributed by atoms with Crippen molar-refractivity contribution in [3.05, 3.63) is 59.7 Å². The highest BCUT2D eigenvalue weighted by atomic mass is 32.1. The Morgan fingerprint density at radius 2 is 1.89 bits per heavy atom. The number of aryl methyl sites for hydroxylation is 2. The van der Waals surface area contributed by atoms with Crippen LogP contribution < -0.4 is 10.1 Å². The smallest absolute Gasteiger partial charge is 0.264 e. The summed E-state index contributed by atoms with van der Waals surface area (Å²) < 4.78 is 7.19. The van der Waals surface area contributed by atoms with Gasteiger partial charge in [-0.1, -0.05) is 59.4 Å². The zero-order valence-corrected chi connectivity index (χ0v) is 15.7. The Morgan fingerprint density at radius 1 is 1.11 bits per heavy atom. The van der Waals surface area contributed by atoms with E-state index in [0.717, 1.165) is 11.1 Å². The third kappa shape index (κ3) is 3.65. The standard InChI is InChI=1S/C19H17N5O2S/c1-12-7-9-14(10-8-12)17-21-22-19-24(17)23-18(27-19)20-16(25)11-26-15-6-4-3-5-13(15)2/h3-10H,11H2,1-2H3,(H,20,23,25). The second-order valence-corrected chi connectivity index (χ2v) is 7.05. The summed E-state index contributed by atoms with van der Waals surface area (Å²) in [6, 6.07) is 15.5. The third-order valence-corrected chi connectivity index (χ3v) is 4.81. The molecule has 0 radical (unpaired) electrons. The minimum atomic E-state index is -0.278. The number of amides is 1. The van der Waals surface area contributed by atoms with Crippen molar-refractivity contribution in [3.63, 3.8) is 0 Å². The lowest BCUT2D eigenvalue weighted by molar-refractivity contribution is -0.118. The Hall–Kier alpha value is -3.26. The van der Waals surface area contributed by atoms with Crippen LogP contribution in [0.4, 0.5) is 5.13 Å². The van der Waals surface area contributed by atoms with E-state index >= 15 is 0 Å². The van der Waals surface area contributed by atoms with E-state index in [0.29, 0.717) is 21.7 Å². The Bertz CT molecular complexity index is 1100. The van der Waals surface area contributed by atoms with Gasteiger partial charge in [0.2, 0.25) is 10.1 Å². The van der Waals surface area contributed by atoms with Crippen LogP contribution in [0.2, 0.25) is 0 Å². The van der Waals surface area contributed by atoms with E-state index < -0.39 is 0 Å². The number of benzene rings is 2. The van der Waals surface area contributed by atoms with Gasteiger partial charge in [0.1, 0.15) is 5.75 Å². The van der Waals surface area contributed by atoms with Crippen LogP contribution in [0, 0.1) is 13.8 Å². The molecule has 2 aromatic heterocycles. The summed E-state index contributed by atoms with van der Waals surface area (Å²) in [4.78, 5) is 12.8. The number of aromatic nitrogens is 4. The monoisotopic (exact) mass is 379 g/mol. The lowest BCUT2D eigenvalue weighted by atomic mass is 10.1. The fraction of sp³-hybridized carbons (Fsp3) is 0.158. The number of hydrogen-bond acceptors (Lipinski definition) is 6. The predicted molar refractivity (Wildman–Crippen MR) is 104 cm³/mol. The summed E-state index contributed by atoms with van der Waals surface area (Å²) in [6.07, 6.45) is 0. The average Bonchev–Trinajstić information content (AvgIpc) is 3.22. The van der Waals surface area contributed by atoms with Gasteiger partial charge in [0.05, 0.1) is 0 Å². The van der Waals surface area contributed by atoms with E-state index in [9.17, 15) is 4.79 Å². The molecule has 7 nitrogen and oxygen atoms in total. The molecule has 8 heteroatoms. The van der Waals surface area contributed by atoms with Gasteiger partial charge in [-0.2, -0.15) is 4.52 Å². The second kappa shape index (κ2) is 7.16. The number of para-hydroxylation sites is 1. The quantitative estimate of drug-likeness (QED) is 0.574. The summed E-state index contributed by atoms with van der Waals surface area (Å²) in [5.74, 6) is 1.05. The molecule has 0 fully saturated rings. The molecule has 1 N–H and O–H groups in total. The molecule has 1 amide bonds. The van der Waals surface area contributed by atoms with Crippen molar-refractivity contribution in [1.82, 2.24) is 19.8 Å². The topological polar surface area (TPSA) is 81.4 Å². The molecule has 2 aromatic carbocycles. The highest BCUT2D eigenvalue weighted by molar-refractivity contribution is 7.20. The van der Waals surface area contributed by atoms with Crippen LogP contribution in [0.3, 0.4) is 0 Å². The number of hydrogen-bond donors (Lipinski definition) is 1. The van der Waals surface area contributed by atoms with Crippen molar-refractivity contribution in [2.75, 3.05) is 11.9 Å². The molecule has 0 spiro atoms. The molecular formula is C19H17N5O2S. The summed E-state index contributed by atoms with van der Waals surface area (Å²) in [5, 5.41) is 15.9. The fourth-order valence-corrected chi connectivity index (χ4v) is 3.32. The number of ether oxygens (including phenoxy) is 1. The van der Waals surface area contributed by atoms with Gasteiger partial charge in [0.25, 0.3) is 5.91 Å². The molecule has 0 atom stereocenters. The molecule has 27 heavy (non-hydrogen) atoms. The predicted octanol–water partition coefficient (Wildman–Crippen LogP) is 3.49. The van der Waals surface area contributed by atoms with Gasteiger partial charge in [-0.3, -0.25) is 10.1 Å². The van der Waals surface area contributed by atoms with Gasteiger partial charge in [-0.25, -0.2) is 0 Å². The lowest BCUT2D eigenvalue weighted by Crippen LogP contribution is -2.20. The van der Waals surface area contributed by atoms with Crippen molar-refractivity contribution in [2.45, 2.75) is 13.8 Å². The van der Waals surface area contributed by atoms with Crippen LogP contribution in [0.15, 0.2) is 48.5 Å². The van der Waals surface area contributed by atoms with Gasteiger partial charge in [0, 0.05) is 5.56 Å². The zero-order valence-electron chi connectivity index (χ0n) is 14.8. The maximum atomic E-state index is 12.2. The number of carbonyl (C=O) groups is 1. The second-order valence-electron chi connectivity index (χ2n) is 6.09. The van der Waals surface area contributed by atoms with Crippen molar-refractivity contribution in [3.8, 4) is 17.1 Å². The first-order valence-electron chi connectivity index (χ1n) is 8.38. The van der Waals surface area contributed by atoms with Crippen LogP contribution in [0.25, 0.3) is 16.3 Å². The normalized spacial score (nSPS) is 10.9. The van der Waals surface area contributed by atoms with Crippen molar-refractivity contribution in [1.29, 1.82) is 0 Å². The molecule has 4 aromatic rings. The molecule has 4 rings (SSSR count). The fourth-order valence-electron chi connectivity index (χ4n) is 2.57. The molecule has 0 saturated heterocycles. The molecule has 0 saturated carbocycles. The van der Waals surface area contributed by atoms with Gasteiger partial charge in [-0.15, -0.1) is 15.3 Å². The van der Waals surface area contributed by atoms with Crippen LogP contribution in [-0.4, -0.2) is 32.3 Å². The Labute approximate surface area is 159 Å². The Balaban J connectivity index is 1.47. The highest BCUT2D eigenvalue weighted by Crippen LogP contribution is 2.24. The van der Waals surface area contributed by atoms with E-state index in [1.807, 2.05) is 62.4 Å². The summed E-state index contributed by atoms with van der Waals surface area (Å²) in [6.45, 7) is 3.87. The van der Waals surface area contributed by atoms with Crippen LogP contribution >= 0.6 is 11.3 Å². The van der Waals surface area contributed by atoms with E-state index in [-0.39, 0.29) is 12.5 Å². The van der Waals surface area contributed by atoms with E-state index in [1.165, 1.54) is 16.9 Å². The number of carbonyl (C=O) groups excluding carboxylic acids is 1. The lowest BCUT2D eigenvalue weighted by Gasteiger charge is -2.07. The van der Waals surface area contributed by atoms with Crippen molar-refractivity contribution >= 4 is 27.3 Å². The summed E-state index contributed by atoms with van der Waals surface area (Å²) in [5.41, 5.74) is 3.06. The average molecular weight is 379 g/mol. The van der Waals surface area contributed by atoms with Crippen molar-refractivity contribution < 1.29 is 9.53 Å². The highest BCUT2D eigenvalue weighted by Gasteiger charge is 2.15. The first-order chi connectivity index (χ1) is 13.1. The molecular weight excluding hydrogens is 362 g/mol. The summed E-state index contributed by atoms with van der Waals surface area (Å²) >= 11 is 1.26. The zero-order chi connectivity index (χ0) is 18.8. The number of nitrogens with zero attached hydrogens (tertiary/aromatic N) is 4. The van der Waals surface area contributed by atoms with Crippen LogP contribution in [-0.2, 0) is 4.79 Å². The van der Waals surface area contributed by atoms with E-state index in [4.69, 9.17) is 4.74 Å². The molecule has 0 aliphatic rings. The van der Waals surface area contributed by atoms with Gasteiger partial charge < -0.3 is 4.74 Å². The van der Waals surface area contributed by atoms with Gasteiger partial charge in [0.15, 0.2) is 12.4 Å².